The number of para-hydroxylation sites is 2. The van der Waals surface area contributed by atoms with Crippen molar-refractivity contribution >= 4 is 34.4 Å². The van der Waals surface area contributed by atoms with Crippen molar-refractivity contribution in [1.82, 2.24) is 4.57 Å². The van der Waals surface area contributed by atoms with E-state index < -0.39 is 18.3 Å². The van der Waals surface area contributed by atoms with Gasteiger partial charge in [-0.25, -0.2) is 0 Å². The van der Waals surface area contributed by atoms with Crippen molar-refractivity contribution in [3.05, 3.63) is 97.1 Å². The summed E-state index contributed by atoms with van der Waals surface area (Å²) in [6.07, 6.45) is 0. The SMILES string of the molecule is CC1(C)OB(c2cc(-c3ccccc3)c3c(c2)c2ccccc2n3-c2ccccc2)OC1(C)C. The van der Waals surface area contributed by atoms with Crippen LogP contribution in [0, 0.1) is 0 Å². The monoisotopic (exact) mass is 445 g/mol. The molecule has 168 valence electrons. The van der Waals surface area contributed by atoms with Gasteiger partial charge in [0.2, 0.25) is 0 Å². The molecule has 4 heteroatoms. The first kappa shape index (κ1) is 21.2. The van der Waals surface area contributed by atoms with Crippen LogP contribution in [0.25, 0.3) is 38.6 Å². The Morgan fingerprint density at radius 2 is 1.24 bits per heavy atom. The molecular weight excluding hydrogens is 417 g/mol. The Morgan fingerprint density at radius 3 is 1.91 bits per heavy atom. The van der Waals surface area contributed by atoms with Crippen LogP contribution >= 0.6 is 0 Å². The van der Waals surface area contributed by atoms with Gasteiger partial charge in [-0.2, -0.15) is 0 Å². The van der Waals surface area contributed by atoms with E-state index in [1.54, 1.807) is 0 Å². The van der Waals surface area contributed by atoms with Gasteiger partial charge in [0, 0.05) is 22.0 Å². The van der Waals surface area contributed by atoms with Crippen LogP contribution < -0.4 is 5.46 Å². The number of rotatable bonds is 3. The molecule has 34 heavy (non-hydrogen) atoms. The lowest BCUT2D eigenvalue weighted by molar-refractivity contribution is 0.00578. The molecule has 1 aromatic heterocycles. The van der Waals surface area contributed by atoms with E-state index in [1.807, 2.05) is 0 Å². The molecule has 3 nitrogen and oxygen atoms in total. The minimum absolute atomic E-state index is 0.391. The summed E-state index contributed by atoms with van der Waals surface area (Å²) < 4.78 is 15.3. The molecule has 0 radical (unpaired) electrons. The van der Waals surface area contributed by atoms with Crippen LogP contribution in [0.15, 0.2) is 97.1 Å². The summed E-state index contributed by atoms with van der Waals surface area (Å²) in [7, 11) is -0.421. The van der Waals surface area contributed by atoms with Gasteiger partial charge in [0.15, 0.2) is 0 Å². The van der Waals surface area contributed by atoms with Gasteiger partial charge in [-0.3, -0.25) is 0 Å². The number of hydrogen-bond acceptors (Lipinski definition) is 2. The smallest absolute Gasteiger partial charge is 0.399 e. The van der Waals surface area contributed by atoms with Gasteiger partial charge in [-0.15, -0.1) is 0 Å². The molecule has 0 aliphatic carbocycles. The lowest BCUT2D eigenvalue weighted by Crippen LogP contribution is -2.41. The second-order valence-electron chi connectivity index (χ2n) is 10.1. The highest BCUT2D eigenvalue weighted by Gasteiger charge is 2.51. The highest BCUT2D eigenvalue weighted by atomic mass is 16.7. The van der Waals surface area contributed by atoms with E-state index in [0.29, 0.717) is 0 Å². The van der Waals surface area contributed by atoms with Crippen LogP contribution in [-0.4, -0.2) is 22.9 Å². The fourth-order valence-corrected chi connectivity index (χ4v) is 4.92. The summed E-state index contributed by atoms with van der Waals surface area (Å²) in [6, 6.07) is 34.3. The summed E-state index contributed by atoms with van der Waals surface area (Å²) >= 11 is 0. The summed E-state index contributed by atoms with van der Waals surface area (Å²) in [5.41, 5.74) is 6.13. The molecule has 0 saturated carbocycles. The van der Waals surface area contributed by atoms with E-state index in [2.05, 4.69) is 129 Å². The first-order chi connectivity index (χ1) is 16.4. The molecule has 6 rings (SSSR count). The van der Waals surface area contributed by atoms with Gasteiger partial charge in [0.1, 0.15) is 0 Å². The maximum Gasteiger partial charge on any atom is 0.494 e. The Hall–Kier alpha value is -3.34. The molecule has 0 atom stereocenters. The number of nitrogens with zero attached hydrogens (tertiary/aromatic N) is 1. The molecule has 2 heterocycles. The zero-order valence-electron chi connectivity index (χ0n) is 20.1. The van der Waals surface area contributed by atoms with Crippen LogP contribution in [0.2, 0.25) is 0 Å². The molecule has 1 aliphatic rings. The zero-order chi connectivity index (χ0) is 23.5. The van der Waals surface area contributed by atoms with Crippen molar-refractivity contribution in [3.8, 4) is 16.8 Å². The van der Waals surface area contributed by atoms with E-state index in [9.17, 15) is 0 Å². The maximum absolute atomic E-state index is 6.46. The molecule has 4 aromatic carbocycles. The van der Waals surface area contributed by atoms with Crippen LogP contribution in [0.4, 0.5) is 0 Å². The number of fused-ring (bicyclic) bond motifs is 3. The molecular formula is C30H28BNO2. The van der Waals surface area contributed by atoms with Crippen LogP contribution in [0.1, 0.15) is 27.7 Å². The van der Waals surface area contributed by atoms with Crippen molar-refractivity contribution in [2.24, 2.45) is 0 Å². The van der Waals surface area contributed by atoms with Gasteiger partial charge in [0.05, 0.1) is 22.2 Å². The lowest BCUT2D eigenvalue weighted by atomic mass is 9.77. The highest BCUT2D eigenvalue weighted by Crippen LogP contribution is 2.40. The van der Waals surface area contributed by atoms with Gasteiger partial charge >= 0.3 is 7.12 Å². The molecule has 1 aliphatic heterocycles. The van der Waals surface area contributed by atoms with E-state index in [4.69, 9.17) is 9.31 Å². The number of hydrogen-bond donors (Lipinski definition) is 0. The fourth-order valence-electron chi connectivity index (χ4n) is 4.92. The van der Waals surface area contributed by atoms with E-state index >= 15 is 0 Å². The molecule has 1 fully saturated rings. The summed E-state index contributed by atoms with van der Waals surface area (Å²) in [6.45, 7) is 8.41. The third-order valence-electron chi connectivity index (χ3n) is 7.42. The van der Waals surface area contributed by atoms with Crippen molar-refractivity contribution in [3.63, 3.8) is 0 Å². The Labute approximate surface area is 201 Å². The normalized spacial score (nSPS) is 17.0. The fraction of sp³-hybridized carbons (Fsp3) is 0.200. The number of benzene rings is 4. The quantitative estimate of drug-likeness (QED) is 0.287. The van der Waals surface area contributed by atoms with Gasteiger partial charge in [-0.1, -0.05) is 78.9 Å². The lowest BCUT2D eigenvalue weighted by Gasteiger charge is -2.32. The van der Waals surface area contributed by atoms with E-state index in [-0.39, 0.29) is 0 Å². The molecule has 1 saturated heterocycles. The zero-order valence-corrected chi connectivity index (χ0v) is 20.1. The van der Waals surface area contributed by atoms with Crippen molar-refractivity contribution < 1.29 is 9.31 Å². The van der Waals surface area contributed by atoms with Crippen molar-refractivity contribution in [2.45, 2.75) is 38.9 Å². The van der Waals surface area contributed by atoms with Gasteiger partial charge in [0.25, 0.3) is 0 Å². The number of aromatic nitrogens is 1. The van der Waals surface area contributed by atoms with Gasteiger partial charge < -0.3 is 13.9 Å². The summed E-state index contributed by atoms with van der Waals surface area (Å²) in [5.74, 6) is 0. The minimum atomic E-state index is -0.421. The Morgan fingerprint density at radius 1 is 0.647 bits per heavy atom. The predicted octanol–water partition coefficient (Wildman–Crippen LogP) is 6.75. The van der Waals surface area contributed by atoms with Crippen LogP contribution in [0.3, 0.4) is 0 Å². The average molecular weight is 445 g/mol. The van der Waals surface area contributed by atoms with Crippen molar-refractivity contribution in [1.29, 1.82) is 0 Å². The third-order valence-corrected chi connectivity index (χ3v) is 7.42. The predicted molar refractivity (Wildman–Crippen MR) is 142 cm³/mol. The molecule has 5 aromatic rings. The van der Waals surface area contributed by atoms with Crippen LogP contribution in [0.5, 0.6) is 0 Å². The second-order valence-corrected chi connectivity index (χ2v) is 10.1. The standard InChI is InChI=1S/C30H28BNO2/c1-29(2)30(3,4)34-31(33-29)22-19-25(21-13-7-5-8-14-21)28-26(20-22)24-17-11-12-18-27(24)32(28)23-15-9-6-10-16-23/h5-20H,1-4H3. The topological polar surface area (TPSA) is 23.4 Å². The third kappa shape index (κ3) is 3.21. The highest BCUT2D eigenvalue weighted by molar-refractivity contribution is 6.62. The first-order valence-corrected chi connectivity index (χ1v) is 11.9. The Kier molecular flexibility index (Phi) is 4.74. The second kappa shape index (κ2) is 7.59. The van der Waals surface area contributed by atoms with Crippen molar-refractivity contribution in [2.75, 3.05) is 0 Å². The first-order valence-electron chi connectivity index (χ1n) is 11.9. The summed E-state index contributed by atoms with van der Waals surface area (Å²) in [4.78, 5) is 0. The molecule has 0 spiro atoms. The van der Waals surface area contributed by atoms with Gasteiger partial charge in [-0.05, 0) is 56.9 Å². The average Bonchev–Trinajstić information content (AvgIpc) is 3.29. The largest absolute Gasteiger partial charge is 0.494 e. The van der Waals surface area contributed by atoms with E-state index in [1.165, 1.54) is 32.9 Å². The Bertz CT molecular complexity index is 1490. The molecule has 0 N–H and O–H groups in total. The molecule has 0 bridgehead atoms. The maximum atomic E-state index is 6.46. The molecule has 0 unspecified atom stereocenters. The minimum Gasteiger partial charge on any atom is -0.399 e. The Balaban J connectivity index is 1.70. The van der Waals surface area contributed by atoms with E-state index in [0.717, 1.165) is 11.2 Å². The summed E-state index contributed by atoms with van der Waals surface area (Å²) in [5, 5.41) is 2.42. The molecule has 0 amide bonds. The van der Waals surface area contributed by atoms with Crippen LogP contribution in [-0.2, 0) is 9.31 Å².